The zero-order valence-electron chi connectivity index (χ0n) is 13.3. The minimum atomic E-state index is -0.0446. The summed E-state index contributed by atoms with van der Waals surface area (Å²) in [5.41, 5.74) is 2.25. The molecule has 2 amide bonds. The van der Waals surface area contributed by atoms with Crippen molar-refractivity contribution in [2.75, 3.05) is 39.0 Å². The highest BCUT2D eigenvalue weighted by Crippen LogP contribution is 2.22. The van der Waals surface area contributed by atoms with Gasteiger partial charge in [0.1, 0.15) is 5.52 Å². The number of nitrogens with zero attached hydrogens (tertiary/aromatic N) is 3. The molecule has 1 saturated heterocycles. The Balaban J connectivity index is 1.63. The van der Waals surface area contributed by atoms with E-state index in [9.17, 15) is 4.79 Å². The van der Waals surface area contributed by atoms with Crippen LogP contribution < -0.4 is 5.32 Å². The number of fused-ring (bicyclic) bond motifs is 1. The molecule has 1 N–H and O–H groups in total. The van der Waals surface area contributed by atoms with Gasteiger partial charge in [0.2, 0.25) is 0 Å². The molecule has 1 aromatic carbocycles. The second-order valence-corrected chi connectivity index (χ2v) is 6.21. The third kappa shape index (κ3) is 3.22. The van der Waals surface area contributed by atoms with Gasteiger partial charge in [-0.2, -0.15) is 0 Å². The van der Waals surface area contributed by atoms with Crippen LogP contribution in [0.1, 0.15) is 12.3 Å². The second kappa shape index (κ2) is 5.96. The third-order valence-electron chi connectivity index (χ3n) is 3.94. The van der Waals surface area contributed by atoms with Crippen LogP contribution in [-0.2, 0) is 0 Å². The second-order valence-electron chi connectivity index (χ2n) is 6.21. The maximum Gasteiger partial charge on any atom is 0.321 e. The molecule has 1 aliphatic rings. The molecule has 0 bridgehead atoms. The molecule has 1 aromatic heterocycles. The number of anilines is 1. The normalized spacial score (nSPS) is 18.4. The number of benzene rings is 1. The summed E-state index contributed by atoms with van der Waals surface area (Å²) >= 11 is 0. The van der Waals surface area contributed by atoms with Gasteiger partial charge in [-0.1, -0.05) is 0 Å². The van der Waals surface area contributed by atoms with Crippen molar-refractivity contribution in [3.63, 3.8) is 0 Å². The van der Waals surface area contributed by atoms with E-state index in [2.05, 4.69) is 29.3 Å². The first kappa shape index (κ1) is 14.8. The van der Waals surface area contributed by atoms with E-state index in [-0.39, 0.29) is 6.03 Å². The van der Waals surface area contributed by atoms with Crippen molar-refractivity contribution in [1.82, 2.24) is 14.8 Å². The molecule has 0 unspecified atom stereocenters. The van der Waals surface area contributed by atoms with E-state index in [1.165, 1.54) is 0 Å². The topological polar surface area (TPSA) is 61.6 Å². The number of urea groups is 1. The summed E-state index contributed by atoms with van der Waals surface area (Å²) in [6, 6.07) is 5.49. The van der Waals surface area contributed by atoms with Crippen molar-refractivity contribution >= 4 is 22.8 Å². The van der Waals surface area contributed by atoms with E-state index in [1.54, 1.807) is 0 Å². The van der Waals surface area contributed by atoms with Crippen molar-refractivity contribution in [2.45, 2.75) is 13.3 Å². The molecule has 3 rings (SSSR count). The van der Waals surface area contributed by atoms with E-state index in [4.69, 9.17) is 4.42 Å². The Morgan fingerprint density at radius 3 is 3.09 bits per heavy atom. The molecule has 1 fully saturated rings. The van der Waals surface area contributed by atoms with E-state index in [0.29, 0.717) is 17.4 Å². The molecule has 118 valence electrons. The first-order valence-electron chi connectivity index (χ1n) is 7.59. The molecule has 1 atom stereocenters. The molecular formula is C16H22N4O2. The number of aromatic nitrogens is 1. The quantitative estimate of drug-likeness (QED) is 0.946. The maximum atomic E-state index is 12.3. The summed E-state index contributed by atoms with van der Waals surface area (Å²) in [6.07, 6.45) is 1.06. The zero-order valence-corrected chi connectivity index (χ0v) is 13.3. The van der Waals surface area contributed by atoms with Crippen LogP contribution in [0.2, 0.25) is 0 Å². The first-order valence-corrected chi connectivity index (χ1v) is 7.59. The van der Waals surface area contributed by atoms with Gasteiger partial charge in [0.25, 0.3) is 0 Å². The van der Waals surface area contributed by atoms with Gasteiger partial charge >= 0.3 is 6.03 Å². The van der Waals surface area contributed by atoms with Gasteiger partial charge in [-0.15, -0.1) is 0 Å². The predicted octanol–water partition coefficient (Wildman–Crippen LogP) is 2.55. The lowest BCUT2D eigenvalue weighted by atomic mass is 10.1. The van der Waals surface area contributed by atoms with Gasteiger partial charge in [-0.05, 0) is 38.6 Å². The van der Waals surface area contributed by atoms with Crippen molar-refractivity contribution in [2.24, 2.45) is 5.92 Å². The Morgan fingerprint density at radius 1 is 1.50 bits per heavy atom. The first-order chi connectivity index (χ1) is 10.5. The molecule has 0 spiro atoms. The van der Waals surface area contributed by atoms with Crippen LogP contribution in [-0.4, -0.2) is 54.5 Å². The number of aryl methyl sites for hydroxylation is 1. The lowest BCUT2D eigenvalue weighted by molar-refractivity contribution is 0.219. The number of rotatable bonds is 3. The Labute approximate surface area is 130 Å². The highest BCUT2D eigenvalue weighted by atomic mass is 16.3. The molecule has 6 heteroatoms. The number of likely N-dealkylation sites (tertiary alicyclic amines) is 1. The molecule has 2 aromatic rings. The number of amides is 2. The maximum absolute atomic E-state index is 12.3. The van der Waals surface area contributed by atoms with Crippen LogP contribution in [0.3, 0.4) is 0 Å². The smallest absolute Gasteiger partial charge is 0.321 e. The number of carbonyl (C=O) groups is 1. The van der Waals surface area contributed by atoms with Gasteiger partial charge in [-0.3, -0.25) is 0 Å². The molecular weight excluding hydrogens is 280 g/mol. The lowest BCUT2D eigenvalue weighted by Crippen LogP contribution is -2.34. The Bertz CT molecular complexity index is 680. The summed E-state index contributed by atoms with van der Waals surface area (Å²) in [4.78, 5) is 20.6. The fourth-order valence-corrected chi connectivity index (χ4v) is 3.00. The standard InChI is InChI=1S/C16H22N4O2/c1-11-17-14-5-4-13(8-15(14)22-11)18-16(21)20-7-6-12(10-20)9-19(2)3/h4-5,8,12H,6-7,9-10H2,1-3H3,(H,18,21)/t12-/m0/s1. The van der Waals surface area contributed by atoms with E-state index >= 15 is 0 Å². The van der Waals surface area contributed by atoms with Crippen LogP contribution in [0.4, 0.5) is 10.5 Å². The third-order valence-corrected chi connectivity index (χ3v) is 3.94. The van der Waals surface area contributed by atoms with E-state index in [0.717, 1.165) is 37.3 Å². The number of hydrogen-bond donors (Lipinski definition) is 1. The number of carbonyl (C=O) groups excluding carboxylic acids is 1. The summed E-state index contributed by atoms with van der Waals surface area (Å²) in [6.45, 7) is 4.46. The van der Waals surface area contributed by atoms with Crippen LogP contribution in [0, 0.1) is 12.8 Å². The fourth-order valence-electron chi connectivity index (χ4n) is 3.00. The zero-order chi connectivity index (χ0) is 15.7. The summed E-state index contributed by atoms with van der Waals surface area (Å²) in [7, 11) is 4.13. The number of oxazole rings is 1. The molecule has 22 heavy (non-hydrogen) atoms. The molecule has 0 aliphatic carbocycles. The lowest BCUT2D eigenvalue weighted by Gasteiger charge is -2.19. The van der Waals surface area contributed by atoms with Crippen molar-refractivity contribution in [3.8, 4) is 0 Å². The Hall–Kier alpha value is -2.08. The Morgan fingerprint density at radius 2 is 2.32 bits per heavy atom. The fraction of sp³-hybridized carbons (Fsp3) is 0.500. The van der Waals surface area contributed by atoms with E-state index in [1.807, 2.05) is 30.0 Å². The number of nitrogens with one attached hydrogen (secondary N) is 1. The predicted molar refractivity (Wildman–Crippen MR) is 86.0 cm³/mol. The van der Waals surface area contributed by atoms with Crippen LogP contribution in [0.5, 0.6) is 0 Å². The van der Waals surface area contributed by atoms with Gasteiger partial charge in [0.05, 0.1) is 0 Å². The van der Waals surface area contributed by atoms with Crippen molar-refractivity contribution in [1.29, 1.82) is 0 Å². The molecule has 2 heterocycles. The van der Waals surface area contributed by atoms with Crippen LogP contribution in [0.25, 0.3) is 11.1 Å². The van der Waals surface area contributed by atoms with Gasteiger partial charge in [0.15, 0.2) is 11.5 Å². The molecule has 6 nitrogen and oxygen atoms in total. The minimum absolute atomic E-state index is 0.0446. The van der Waals surface area contributed by atoms with Crippen LogP contribution >= 0.6 is 0 Å². The molecule has 0 saturated carbocycles. The highest BCUT2D eigenvalue weighted by Gasteiger charge is 2.26. The van der Waals surface area contributed by atoms with Gasteiger partial charge in [0, 0.05) is 38.3 Å². The van der Waals surface area contributed by atoms with Crippen molar-refractivity contribution in [3.05, 3.63) is 24.1 Å². The SMILES string of the molecule is Cc1nc2ccc(NC(=O)N3CC[C@@H](CN(C)C)C3)cc2o1. The largest absolute Gasteiger partial charge is 0.441 e. The molecule has 1 aliphatic heterocycles. The monoisotopic (exact) mass is 302 g/mol. The molecule has 0 radical (unpaired) electrons. The number of hydrogen-bond acceptors (Lipinski definition) is 4. The summed E-state index contributed by atoms with van der Waals surface area (Å²) in [5, 5.41) is 2.94. The van der Waals surface area contributed by atoms with Gasteiger partial charge in [-0.25, -0.2) is 9.78 Å². The van der Waals surface area contributed by atoms with Gasteiger partial charge < -0.3 is 19.5 Å². The Kier molecular flexibility index (Phi) is 4.02. The summed E-state index contributed by atoms with van der Waals surface area (Å²) < 4.78 is 5.49. The van der Waals surface area contributed by atoms with Crippen LogP contribution in [0.15, 0.2) is 22.6 Å². The van der Waals surface area contributed by atoms with Crippen molar-refractivity contribution < 1.29 is 9.21 Å². The minimum Gasteiger partial charge on any atom is -0.441 e. The highest BCUT2D eigenvalue weighted by molar-refractivity contribution is 5.91. The van der Waals surface area contributed by atoms with E-state index < -0.39 is 0 Å². The average molecular weight is 302 g/mol. The average Bonchev–Trinajstić information content (AvgIpc) is 3.03. The summed E-state index contributed by atoms with van der Waals surface area (Å²) in [5.74, 6) is 1.18.